The van der Waals surface area contributed by atoms with E-state index in [9.17, 15) is 4.79 Å². The molecule has 7 heteroatoms. The SMILES string of the molecule is CCCc1c(NN)ncnc1N1CCC(NC(C)=O)CC1. The summed E-state index contributed by atoms with van der Waals surface area (Å²) in [6.45, 7) is 5.45. The molecule has 1 aromatic heterocycles. The van der Waals surface area contributed by atoms with Gasteiger partial charge in [-0.25, -0.2) is 15.8 Å². The lowest BCUT2D eigenvalue weighted by atomic mass is 10.0. The quantitative estimate of drug-likeness (QED) is 0.549. The molecule has 0 unspecified atom stereocenters. The van der Waals surface area contributed by atoms with E-state index in [4.69, 9.17) is 5.84 Å². The predicted molar refractivity (Wildman–Crippen MR) is 82.9 cm³/mol. The van der Waals surface area contributed by atoms with E-state index < -0.39 is 0 Å². The molecule has 7 nitrogen and oxygen atoms in total. The number of piperidine rings is 1. The Bertz CT molecular complexity index is 484. The molecule has 1 saturated heterocycles. The number of aromatic nitrogens is 2. The minimum absolute atomic E-state index is 0.0387. The van der Waals surface area contributed by atoms with Crippen molar-refractivity contribution in [3.63, 3.8) is 0 Å². The van der Waals surface area contributed by atoms with Crippen LogP contribution >= 0.6 is 0 Å². The van der Waals surface area contributed by atoms with Crippen molar-refractivity contribution < 1.29 is 4.79 Å². The number of carbonyl (C=O) groups is 1. The first-order valence-electron chi connectivity index (χ1n) is 7.48. The average molecular weight is 292 g/mol. The van der Waals surface area contributed by atoms with E-state index in [0.717, 1.165) is 50.2 Å². The van der Waals surface area contributed by atoms with E-state index in [-0.39, 0.29) is 11.9 Å². The zero-order valence-corrected chi connectivity index (χ0v) is 12.7. The zero-order chi connectivity index (χ0) is 15.2. The molecule has 4 N–H and O–H groups in total. The highest BCUT2D eigenvalue weighted by Crippen LogP contribution is 2.26. The van der Waals surface area contributed by atoms with Crippen LogP contribution in [-0.4, -0.2) is 35.0 Å². The summed E-state index contributed by atoms with van der Waals surface area (Å²) in [6.07, 6.45) is 5.31. The van der Waals surface area contributed by atoms with Gasteiger partial charge in [-0.15, -0.1) is 0 Å². The third-order valence-corrected chi connectivity index (χ3v) is 3.76. The lowest BCUT2D eigenvalue weighted by Gasteiger charge is -2.34. The lowest BCUT2D eigenvalue weighted by Crippen LogP contribution is -2.44. The summed E-state index contributed by atoms with van der Waals surface area (Å²) in [6, 6.07) is 0.266. The maximum Gasteiger partial charge on any atom is 0.217 e. The fourth-order valence-corrected chi connectivity index (χ4v) is 2.80. The maximum atomic E-state index is 11.1. The van der Waals surface area contributed by atoms with E-state index in [1.54, 1.807) is 13.3 Å². The van der Waals surface area contributed by atoms with E-state index >= 15 is 0 Å². The number of nitrogens with two attached hydrogens (primary N) is 1. The lowest BCUT2D eigenvalue weighted by molar-refractivity contribution is -0.119. The van der Waals surface area contributed by atoms with Crippen LogP contribution in [0, 0.1) is 0 Å². The van der Waals surface area contributed by atoms with Crippen LogP contribution in [0.1, 0.15) is 38.7 Å². The van der Waals surface area contributed by atoms with Gasteiger partial charge in [-0.1, -0.05) is 13.3 Å². The van der Waals surface area contributed by atoms with Gasteiger partial charge in [-0.3, -0.25) is 4.79 Å². The Labute approximate surface area is 125 Å². The Hall–Kier alpha value is -1.89. The van der Waals surface area contributed by atoms with Crippen LogP contribution in [0.2, 0.25) is 0 Å². The molecular formula is C14H24N6O. The van der Waals surface area contributed by atoms with Crippen molar-refractivity contribution in [3.8, 4) is 0 Å². The molecule has 0 saturated carbocycles. The standard InChI is InChI=1S/C14H24N6O/c1-3-4-12-13(19-15)16-9-17-14(12)20-7-5-11(6-8-20)18-10(2)21/h9,11H,3-8,15H2,1-2H3,(H,18,21)(H,16,17,19). The van der Waals surface area contributed by atoms with Crippen molar-refractivity contribution in [3.05, 3.63) is 11.9 Å². The van der Waals surface area contributed by atoms with Gasteiger partial charge < -0.3 is 15.6 Å². The molecule has 116 valence electrons. The van der Waals surface area contributed by atoms with Crippen LogP contribution in [-0.2, 0) is 11.2 Å². The summed E-state index contributed by atoms with van der Waals surface area (Å²) < 4.78 is 0. The van der Waals surface area contributed by atoms with Gasteiger partial charge in [0.05, 0.1) is 0 Å². The molecule has 0 atom stereocenters. The van der Waals surface area contributed by atoms with Crippen molar-refractivity contribution in [2.75, 3.05) is 23.4 Å². The first-order chi connectivity index (χ1) is 10.2. The average Bonchev–Trinajstić information content (AvgIpc) is 2.48. The number of amides is 1. The molecule has 1 fully saturated rings. The van der Waals surface area contributed by atoms with Gasteiger partial charge >= 0.3 is 0 Å². The first-order valence-corrected chi connectivity index (χ1v) is 7.48. The highest BCUT2D eigenvalue weighted by atomic mass is 16.1. The normalized spacial score (nSPS) is 15.9. The second-order valence-corrected chi connectivity index (χ2v) is 5.38. The third kappa shape index (κ3) is 3.81. The van der Waals surface area contributed by atoms with Gasteiger partial charge in [-0.2, -0.15) is 0 Å². The zero-order valence-electron chi connectivity index (χ0n) is 12.7. The molecule has 0 radical (unpaired) electrons. The number of nitrogens with one attached hydrogen (secondary N) is 2. The van der Waals surface area contributed by atoms with E-state index in [0.29, 0.717) is 5.82 Å². The van der Waals surface area contributed by atoms with E-state index in [1.807, 2.05) is 0 Å². The Balaban J connectivity index is 2.10. The van der Waals surface area contributed by atoms with Gasteiger partial charge in [0, 0.05) is 31.6 Å². The molecular weight excluding hydrogens is 268 g/mol. The van der Waals surface area contributed by atoms with Gasteiger partial charge in [0.2, 0.25) is 5.91 Å². The Morgan fingerprint density at radius 2 is 2.14 bits per heavy atom. The van der Waals surface area contributed by atoms with Gasteiger partial charge in [0.25, 0.3) is 0 Å². The van der Waals surface area contributed by atoms with Gasteiger partial charge in [-0.05, 0) is 19.3 Å². The fourth-order valence-electron chi connectivity index (χ4n) is 2.80. The predicted octanol–water partition coefficient (Wildman–Crippen LogP) is 0.820. The largest absolute Gasteiger partial charge is 0.356 e. The van der Waals surface area contributed by atoms with Crippen LogP contribution in [0.15, 0.2) is 6.33 Å². The van der Waals surface area contributed by atoms with Crippen LogP contribution in [0.4, 0.5) is 11.6 Å². The molecule has 1 aromatic rings. The van der Waals surface area contributed by atoms with Crippen molar-refractivity contribution >= 4 is 17.5 Å². The number of nitrogens with zero attached hydrogens (tertiary/aromatic N) is 3. The molecule has 2 heterocycles. The highest BCUT2D eigenvalue weighted by molar-refractivity contribution is 5.73. The molecule has 0 spiro atoms. The van der Waals surface area contributed by atoms with Crippen LogP contribution in [0.25, 0.3) is 0 Å². The summed E-state index contributed by atoms with van der Waals surface area (Å²) in [4.78, 5) is 22.0. The molecule has 0 bridgehead atoms. The topological polar surface area (TPSA) is 96.2 Å². The summed E-state index contributed by atoms with van der Waals surface area (Å²) in [7, 11) is 0. The Morgan fingerprint density at radius 3 is 2.71 bits per heavy atom. The number of hydrazine groups is 1. The Morgan fingerprint density at radius 1 is 1.43 bits per heavy atom. The monoisotopic (exact) mass is 292 g/mol. The molecule has 0 aliphatic carbocycles. The molecule has 21 heavy (non-hydrogen) atoms. The van der Waals surface area contributed by atoms with Crippen molar-refractivity contribution in [2.45, 2.75) is 45.6 Å². The maximum absolute atomic E-state index is 11.1. The summed E-state index contributed by atoms with van der Waals surface area (Å²) in [5.41, 5.74) is 3.73. The number of rotatable bonds is 5. The van der Waals surface area contributed by atoms with Crippen molar-refractivity contribution in [1.29, 1.82) is 0 Å². The molecule has 1 aliphatic rings. The molecule has 2 rings (SSSR count). The van der Waals surface area contributed by atoms with E-state index in [2.05, 4.69) is 32.5 Å². The number of hydrogen-bond donors (Lipinski definition) is 3. The first kappa shape index (κ1) is 15.5. The minimum atomic E-state index is 0.0387. The second-order valence-electron chi connectivity index (χ2n) is 5.38. The van der Waals surface area contributed by atoms with Crippen molar-refractivity contribution in [2.24, 2.45) is 5.84 Å². The van der Waals surface area contributed by atoms with Gasteiger partial charge in [0.15, 0.2) is 0 Å². The molecule has 1 amide bonds. The van der Waals surface area contributed by atoms with Crippen LogP contribution < -0.4 is 21.5 Å². The number of hydrogen-bond acceptors (Lipinski definition) is 6. The summed E-state index contributed by atoms with van der Waals surface area (Å²) >= 11 is 0. The second kappa shape index (κ2) is 7.21. The highest BCUT2D eigenvalue weighted by Gasteiger charge is 2.23. The van der Waals surface area contributed by atoms with Crippen LogP contribution in [0.3, 0.4) is 0 Å². The number of anilines is 2. The minimum Gasteiger partial charge on any atom is -0.356 e. The number of nitrogen functional groups attached to an aromatic ring is 1. The van der Waals surface area contributed by atoms with Crippen LogP contribution in [0.5, 0.6) is 0 Å². The molecule has 0 aromatic carbocycles. The number of carbonyl (C=O) groups excluding carboxylic acids is 1. The van der Waals surface area contributed by atoms with E-state index in [1.165, 1.54) is 0 Å². The summed E-state index contributed by atoms with van der Waals surface area (Å²) in [5, 5.41) is 2.99. The van der Waals surface area contributed by atoms with Gasteiger partial charge in [0.1, 0.15) is 18.0 Å². The third-order valence-electron chi connectivity index (χ3n) is 3.76. The smallest absolute Gasteiger partial charge is 0.217 e. The fraction of sp³-hybridized carbons (Fsp3) is 0.643. The van der Waals surface area contributed by atoms with Crippen molar-refractivity contribution in [1.82, 2.24) is 15.3 Å². The molecule has 1 aliphatic heterocycles. The summed E-state index contributed by atoms with van der Waals surface area (Å²) in [5.74, 6) is 7.25. The Kier molecular flexibility index (Phi) is 5.32.